The number of nitrogens with zero attached hydrogens (tertiary/aromatic N) is 1. The maximum Gasteiger partial charge on any atom is 0.201 e. The molecule has 174 valence electrons. The van der Waals surface area contributed by atoms with Gasteiger partial charge in [-0.3, -0.25) is 14.5 Å². The average Bonchev–Trinajstić information content (AvgIpc) is 3.64. The molecule has 0 bridgehead atoms. The lowest BCUT2D eigenvalue weighted by Crippen LogP contribution is -2.24. The number of hydrogen-bond donors (Lipinski definition) is 2. The largest absolute Gasteiger partial charge is 0.470 e. The van der Waals surface area contributed by atoms with Crippen molar-refractivity contribution in [2.75, 3.05) is 20.7 Å². The summed E-state index contributed by atoms with van der Waals surface area (Å²) in [5.74, 6) is -0.678. The van der Waals surface area contributed by atoms with Gasteiger partial charge in [-0.25, -0.2) is 0 Å². The Morgan fingerprint density at radius 2 is 1.82 bits per heavy atom. The summed E-state index contributed by atoms with van der Waals surface area (Å²) in [5, 5.41) is 11.8. The number of benzene rings is 2. The van der Waals surface area contributed by atoms with Gasteiger partial charge in [-0.1, -0.05) is 53.5 Å². The minimum atomic E-state index is -0.476. The van der Waals surface area contributed by atoms with Gasteiger partial charge in [-0.2, -0.15) is 0 Å². The molecule has 0 unspecified atom stereocenters. The lowest BCUT2D eigenvalue weighted by Gasteiger charge is -2.20. The molecule has 1 aliphatic carbocycles. The second-order valence-corrected chi connectivity index (χ2v) is 8.81. The molecular formula is C25H27Cl2N3O3. The smallest absolute Gasteiger partial charge is 0.201 e. The van der Waals surface area contributed by atoms with Crippen LogP contribution >= 0.6 is 23.2 Å². The van der Waals surface area contributed by atoms with Crippen LogP contribution in [-0.2, 0) is 11.3 Å². The van der Waals surface area contributed by atoms with Crippen molar-refractivity contribution in [1.29, 1.82) is 5.41 Å². The minimum absolute atomic E-state index is 0.00378. The van der Waals surface area contributed by atoms with Gasteiger partial charge in [0.05, 0.1) is 5.02 Å². The predicted octanol–water partition coefficient (Wildman–Crippen LogP) is 5.14. The number of ketones is 2. The fourth-order valence-electron chi connectivity index (χ4n) is 3.50. The summed E-state index contributed by atoms with van der Waals surface area (Å²) in [5.41, 5.74) is 1.39. The lowest BCUT2D eigenvalue weighted by atomic mass is 9.98. The van der Waals surface area contributed by atoms with Crippen LogP contribution in [0.15, 0.2) is 53.9 Å². The van der Waals surface area contributed by atoms with Crippen molar-refractivity contribution < 1.29 is 14.3 Å². The van der Waals surface area contributed by atoms with Crippen molar-refractivity contribution >= 4 is 40.5 Å². The topological polar surface area (TPSA) is 82.5 Å². The number of Topliss-reactive ketones (excluding diaryl/α,β-unsaturated/α-hetero) is 2. The Hall–Kier alpha value is -2.67. The zero-order chi connectivity index (χ0) is 24.1. The number of nitrogens with one attached hydrogen (secondary N) is 2. The Morgan fingerprint density at radius 3 is 2.39 bits per heavy atom. The summed E-state index contributed by atoms with van der Waals surface area (Å²) >= 11 is 13.0. The molecule has 8 heteroatoms. The zero-order valence-corrected chi connectivity index (χ0v) is 20.4. The highest BCUT2D eigenvalue weighted by molar-refractivity contribution is 6.40. The minimum Gasteiger partial charge on any atom is -0.470 e. The van der Waals surface area contributed by atoms with Gasteiger partial charge in [0.25, 0.3) is 0 Å². The third-order valence-electron chi connectivity index (χ3n) is 5.51. The molecule has 0 spiro atoms. The van der Waals surface area contributed by atoms with E-state index in [0.29, 0.717) is 28.7 Å². The highest BCUT2D eigenvalue weighted by Gasteiger charge is 2.29. The molecule has 0 atom stereocenters. The summed E-state index contributed by atoms with van der Waals surface area (Å²) < 4.78 is 5.65. The number of allylic oxidation sites excluding steroid dienone is 1. The van der Waals surface area contributed by atoms with Crippen LogP contribution < -0.4 is 5.32 Å². The van der Waals surface area contributed by atoms with Crippen LogP contribution in [0.5, 0.6) is 0 Å². The molecule has 2 N–H and O–H groups in total. The third kappa shape index (κ3) is 6.02. The van der Waals surface area contributed by atoms with Gasteiger partial charge >= 0.3 is 0 Å². The predicted molar refractivity (Wildman–Crippen MR) is 131 cm³/mol. The van der Waals surface area contributed by atoms with E-state index >= 15 is 0 Å². The molecule has 3 rings (SSSR count). The standard InChI is InChI=1S/C25H27Cl2N3O3/c1-15(28)22(25(29-2)33-14-21(31)16-7-5-4-6-8-16)24(32)18-11-12-20(26)19(23(18)27)13-30(3)17-9-10-17/h4-8,11-12,17,28-29H,9-10,13-14H2,1-3H3/b25-22-,28-15?. The van der Waals surface area contributed by atoms with E-state index in [-0.39, 0.29) is 40.1 Å². The molecule has 1 fully saturated rings. The number of rotatable bonds is 11. The van der Waals surface area contributed by atoms with E-state index < -0.39 is 5.78 Å². The van der Waals surface area contributed by atoms with Gasteiger partial charge in [-0.05, 0) is 38.9 Å². The van der Waals surface area contributed by atoms with Crippen LogP contribution in [0.3, 0.4) is 0 Å². The van der Waals surface area contributed by atoms with E-state index in [1.807, 2.05) is 13.1 Å². The number of halogens is 2. The SMILES string of the molecule is CN/C(OCC(=O)c1ccccc1)=C(\C(C)=N)C(=O)c1ccc(Cl)c(CN(C)C2CC2)c1Cl. The molecule has 0 saturated heterocycles. The van der Waals surface area contributed by atoms with Gasteiger partial charge in [0, 0.05) is 47.1 Å². The monoisotopic (exact) mass is 487 g/mol. The Morgan fingerprint density at radius 1 is 1.15 bits per heavy atom. The van der Waals surface area contributed by atoms with Gasteiger partial charge in [0.15, 0.2) is 18.3 Å². The van der Waals surface area contributed by atoms with Gasteiger partial charge < -0.3 is 15.5 Å². The number of ether oxygens (including phenoxy) is 1. The van der Waals surface area contributed by atoms with E-state index in [4.69, 9.17) is 33.3 Å². The molecular weight excluding hydrogens is 461 g/mol. The van der Waals surface area contributed by atoms with Crippen LogP contribution in [0.1, 0.15) is 46.0 Å². The summed E-state index contributed by atoms with van der Waals surface area (Å²) in [6.07, 6.45) is 2.27. The first-order valence-corrected chi connectivity index (χ1v) is 11.4. The van der Waals surface area contributed by atoms with Gasteiger partial charge in [0.1, 0.15) is 5.57 Å². The second kappa shape index (κ2) is 11.0. The van der Waals surface area contributed by atoms with Gasteiger partial charge in [-0.15, -0.1) is 0 Å². The fraction of sp³-hybridized carbons (Fsp3) is 0.320. The molecule has 33 heavy (non-hydrogen) atoms. The maximum atomic E-state index is 13.5. The van der Waals surface area contributed by atoms with E-state index in [1.54, 1.807) is 43.4 Å². The van der Waals surface area contributed by atoms with E-state index in [1.165, 1.54) is 6.92 Å². The first kappa shape index (κ1) is 25.0. The van der Waals surface area contributed by atoms with Crippen LogP contribution in [0, 0.1) is 5.41 Å². The second-order valence-electron chi connectivity index (χ2n) is 8.02. The molecule has 2 aromatic rings. The first-order chi connectivity index (χ1) is 15.7. The van der Waals surface area contributed by atoms with E-state index in [2.05, 4.69) is 10.2 Å². The molecule has 0 radical (unpaired) electrons. The summed E-state index contributed by atoms with van der Waals surface area (Å²) in [6.45, 7) is 1.72. The fourth-order valence-corrected chi connectivity index (χ4v) is 4.08. The summed E-state index contributed by atoms with van der Waals surface area (Å²) in [7, 11) is 3.57. The third-order valence-corrected chi connectivity index (χ3v) is 6.29. The zero-order valence-electron chi connectivity index (χ0n) is 18.9. The molecule has 0 aliphatic heterocycles. The summed E-state index contributed by atoms with van der Waals surface area (Å²) in [6, 6.07) is 12.4. The Labute approximate surface area is 204 Å². The first-order valence-electron chi connectivity index (χ1n) is 10.6. The Balaban J connectivity index is 1.89. The molecule has 2 aromatic carbocycles. The summed E-state index contributed by atoms with van der Waals surface area (Å²) in [4.78, 5) is 28.1. The number of carbonyl (C=O) groups excluding carboxylic acids is 2. The number of carbonyl (C=O) groups is 2. The van der Waals surface area contributed by atoms with Crippen molar-refractivity contribution in [3.8, 4) is 0 Å². The number of hydrogen-bond acceptors (Lipinski definition) is 6. The molecule has 0 aromatic heterocycles. The lowest BCUT2D eigenvalue weighted by molar-refractivity contribution is 0.0839. The van der Waals surface area contributed by atoms with Crippen LogP contribution in [0.25, 0.3) is 0 Å². The van der Waals surface area contributed by atoms with Crippen molar-refractivity contribution in [2.45, 2.75) is 32.4 Å². The maximum absolute atomic E-state index is 13.5. The highest BCUT2D eigenvalue weighted by Crippen LogP contribution is 2.34. The van der Waals surface area contributed by atoms with Crippen LogP contribution in [-0.4, -0.2) is 48.9 Å². The van der Waals surface area contributed by atoms with E-state index in [0.717, 1.165) is 12.8 Å². The Bertz CT molecular complexity index is 1100. The molecule has 1 aliphatic rings. The van der Waals surface area contributed by atoms with Gasteiger partial charge in [0.2, 0.25) is 5.78 Å². The van der Waals surface area contributed by atoms with Crippen LogP contribution in [0.2, 0.25) is 10.0 Å². The van der Waals surface area contributed by atoms with Crippen molar-refractivity contribution in [3.05, 3.63) is 80.7 Å². The van der Waals surface area contributed by atoms with Crippen LogP contribution in [0.4, 0.5) is 0 Å². The molecule has 0 heterocycles. The average molecular weight is 488 g/mol. The molecule has 0 amide bonds. The molecule has 6 nitrogen and oxygen atoms in total. The quantitative estimate of drug-likeness (QED) is 0.198. The highest BCUT2D eigenvalue weighted by atomic mass is 35.5. The van der Waals surface area contributed by atoms with Crippen molar-refractivity contribution in [3.63, 3.8) is 0 Å². The van der Waals surface area contributed by atoms with Crippen molar-refractivity contribution in [2.24, 2.45) is 0 Å². The Kier molecular flexibility index (Phi) is 8.30. The van der Waals surface area contributed by atoms with Crippen molar-refractivity contribution in [1.82, 2.24) is 10.2 Å². The molecule has 1 saturated carbocycles. The van der Waals surface area contributed by atoms with E-state index in [9.17, 15) is 9.59 Å². The normalized spacial score (nSPS) is 14.0.